The van der Waals surface area contributed by atoms with Crippen LogP contribution in [0.1, 0.15) is 36.3 Å². The maximum absolute atomic E-state index is 14.4. The molecular weight excluding hydrogens is 530 g/mol. The number of nitrogens with zero attached hydrogens (tertiary/aromatic N) is 6. The van der Waals surface area contributed by atoms with Gasteiger partial charge in [-0.05, 0) is 60.7 Å². The van der Waals surface area contributed by atoms with E-state index >= 15 is 0 Å². The van der Waals surface area contributed by atoms with Gasteiger partial charge in [0.2, 0.25) is 5.95 Å². The number of aromatic nitrogens is 7. The topological polar surface area (TPSA) is 120 Å². The van der Waals surface area contributed by atoms with Crippen molar-refractivity contribution < 1.29 is 4.39 Å². The van der Waals surface area contributed by atoms with E-state index in [1.54, 1.807) is 41.3 Å². The number of rotatable bonds is 4. The third kappa shape index (κ3) is 3.55. The van der Waals surface area contributed by atoms with Gasteiger partial charge < -0.3 is 15.3 Å². The number of aromatic amines is 1. The minimum Gasteiger partial charge on any atom is -0.384 e. The van der Waals surface area contributed by atoms with E-state index in [9.17, 15) is 9.18 Å². The molecule has 1 saturated carbocycles. The van der Waals surface area contributed by atoms with E-state index in [1.807, 2.05) is 16.7 Å². The predicted octanol–water partition coefficient (Wildman–Crippen LogP) is 5.01. The summed E-state index contributed by atoms with van der Waals surface area (Å²) in [6.45, 7) is 0. The van der Waals surface area contributed by atoms with Crippen LogP contribution in [0.4, 0.5) is 10.2 Å². The number of imidazole rings is 1. The number of halogens is 3. The van der Waals surface area contributed by atoms with Crippen molar-refractivity contribution in [1.29, 1.82) is 0 Å². The van der Waals surface area contributed by atoms with Gasteiger partial charge in [-0.1, -0.05) is 28.4 Å². The van der Waals surface area contributed by atoms with E-state index in [4.69, 9.17) is 28.9 Å². The number of H-pyrrole nitrogens is 1. The second-order valence-electron chi connectivity index (χ2n) is 9.57. The SMILES string of the molecule is Nc1ccc(-c2cnc([C@@H]3[C@H]4CC[C@H]4c4cc(-c5cc(Cl)ccc5-n5cc(Cl)nn5)cc(=O)n43)[nH]2)c(F)n1. The fourth-order valence-corrected chi connectivity index (χ4v) is 6.00. The summed E-state index contributed by atoms with van der Waals surface area (Å²) in [5.74, 6) is 0.450. The molecular formula is C26H19Cl2FN8O. The zero-order chi connectivity index (χ0) is 26.1. The van der Waals surface area contributed by atoms with Crippen LogP contribution >= 0.6 is 23.2 Å². The van der Waals surface area contributed by atoms with E-state index in [0.29, 0.717) is 22.2 Å². The Bertz CT molecular complexity index is 1790. The number of hydrogen-bond donors (Lipinski definition) is 2. The molecule has 3 atom stereocenters. The second-order valence-corrected chi connectivity index (χ2v) is 10.4. The Kier molecular flexibility index (Phi) is 5.17. The molecule has 0 radical (unpaired) electrons. The Balaban J connectivity index is 1.33. The molecule has 0 bridgehead atoms. The minimum absolute atomic E-state index is 0.102. The first-order valence-corrected chi connectivity index (χ1v) is 12.7. The van der Waals surface area contributed by atoms with Crippen molar-refractivity contribution in [3.8, 4) is 28.1 Å². The number of nitrogen functional groups attached to an aromatic ring is 1. The second kappa shape index (κ2) is 8.50. The van der Waals surface area contributed by atoms with E-state index < -0.39 is 5.95 Å². The van der Waals surface area contributed by atoms with Crippen molar-refractivity contribution >= 4 is 29.0 Å². The Morgan fingerprint density at radius 3 is 2.68 bits per heavy atom. The average molecular weight is 549 g/mol. The summed E-state index contributed by atoms with van der Waals surface area (Å²) in [6, 6.07) is 11.8. The maximum Gasteiger partial charge on any atom is 0.252 e. The van der Waals surface area contributed by atoms with Crippen LogP contribution < -0.4 is 11.3 Å². The molecule has 12 heteroatoms. The molecule has 7 rings (SSSR count). The molecule has 1 aromatic carbocycles. The fraction of sp³-hybridized carbons (Fsp3) is 0.192. The van der Waals surface area contributed by atoms with Crippen LogP contribution in [0.2, 0.25) is 10.2 Å². The van der Waals surface area contributed by atoms with Crippen molar-refractivity contribution in [2.24, 2.45) is 5.92 Å². The van der Waals surface area contributed by atoms with E-state index in [2.05, 4.69) is 25.3 Å². The molecule has 5 heterocycles. The maximum atomic E-state index is 14.4. The molecule has 4 aromatic heterocycles. The van der Waals surface area contributed by atoms with Gasteiger partial charge in [-0.3, -0.25) is 4.79 Å². The molecule has 190 valence electrons. The Morgan fingerprint density at radius 1 is 1.08 bits per heavy atom. The van der Waals surface area contributed by atoms with Crippen molar-refractivity contribution in [2.45, 2.75) is 24.8 Å². The van der Waals surface area contributed by atoms with Gasteiger partial charge in [0.05, 0.1) is 35.4 Å². The number of nitrogens with two attached hydrogens (primary N) is 1. The summed E-state index contributed by atoms with van der Waals surface area (Å²) in [7, 11) is 0. The van der Waals surface area contributed by atoms with Crippen molar-refractivity contribution in [3.05, 3.63) is 92.9 Å². The smallest absolute Gasteiger partial charge is 0.252 e. The lowest BCUT2D eigenvalue weighted by atomic mass is 9.71. The molecule has 0 amide bonds. The zero-order valence-corrected chi connectivity index (χ0v) is 21.2. The van der Waals surface area contributed by atoms with E-state index in [0.717, 1.165) is 29.7 Å². The van der Waals surface area contributed by atoms with Crippen LogP contribution in [0.3, 0.4) is 0 Å². The van der Waals surface area contributed by atoms with E-state index in [-0.39, 0.29) is 40.0 Å². The van der Waals surface area contributed by atoms with Crippen LogP contribution in [-0.2, 0) is 0 Å². The Labute approximate surface area is 225 Å². The number of pyridine rings is 2. The lowest BCUT2D eigenvalue weighted by Crippen LogP contribution is -2.28. The first kappa shape index (κ1) is 23.1. The highest BCUT2D eigenvalue weighted by Crippen LogP contribution is 2.55. The largest absolute Gasteiger partial charge is 0.384 e. The number of anilines is 1. The molecule has 2 aliphatic rings. The summed E-state index contributed by atoms with van der Waals surface area (Å²) in [4.78, 5) is 25.1. The molecule has 9 nitrogen and oxygen atoms in total. The zero-order valence-electron chi connectivity index (χ0n) is 19.6. The third-order valence-electron chi connectivity index (χ3n) is 7.51. The van der Waals surface area contributed by atoms with Gasteiger partial charge in [0, 0.05) is 28.3 Å². The number of hydrogen-bond acceptors (Lipinski definition) is 6. The lowest BCUT2D eigenvalue weighted by Gasteiger charge is -2.32. The van der Waals surface area contributed by atoms with Crippen molar-refractivity contribution in [1.82, 2.24) is 34.5 Å². The van der Waals surface area contributed by atoms with Gasteiger partial charge in [-0.2, -0.15) is 4.39 Å². The Morgan fingerprint density at radius 2 is 1.95 bits per heavy atom. The summed E-state index contributed by atoms with van der Waals surface area (Å²) in [5, 5.41) is 8.74. The molecule has 3 N–H and O–H groups in total. The van der Waals surface area contributed by atoms with Crippen LogP contribution in [0.15, 0.2) is 59.7 Å². The van der Waals surface area contributed by atoms with Gasteiger partial charge in [-0.15, -0.1) is 5.10 Å². The average Bonchev–Trinajstić information content (AvgIpc) is 3.56. The summed E-state index contributed by atoms with van der Waals surface area (Å²) >= 11 is 12.4. The van der Waals surface area contributed by atoms with Crippen LogP contribution in [0, 0.1) is 11.9 Å². The van der Waals surface area contributed by atoms with Gasteiger partial charge >= 0.3 is 0 Å². The first-order valence-electron chi connectivity index (χ1n) is 12.0. The van der Waals surface area contributed by atoms with Gasteiger partial charge in [0.15, 0.2) is 5.15 Å². The third-order valence-corrected chi connectivity index (χ3v) is 7.92. The van der Waals surface area contributed by atoms with E-state index in [1.165, 1.54) is 6.07 Å². The molecule has 1 aliphatic heterocycles. The molecule has 0 saturated heterocycles. The van der Waals surface area contributed by atoms with Crippen LogP contribution in [-0.4, -0.2) is 34.5 Å². The van der Waals surface area contributed by atoms with Gasteiger partial charge in [0.1, 0.15) is 11.6 Å². The first-order chi connectivity index (χ1) is 18.4. The highest BCUT2D eigenvalue weighted by atomic mass is 35.5. The Hall–Kier alpha value is -4.02. The molecule has 1 fully saturated rings. The monoisotopic (exact) mass is 548 g/mol. The van der Waals surface area contributed by atoms with Crippen molar-refractivity contribution in [3.63, 3.8) is 0 Å². The molecule has 0 spiro atoms. The number of benzene rings is 1. The predicted molar refractivity (Wildman–Crippen MR) is 141 cm³/mol. The lowest BCUT2D eigenvalue weighted by molar-refractivity contribution is 0.237. The quantitative estimate of drug-likeness (QED) is 0.304. The van der Waals surface area contributed by atoms with Crippen molar-refractivity contribution in [2.75, 3.05) is 5.73 Å². The number of nitrogens with one attached hydrogen (secondary N) is 1. The fourth-order valence-electron chi connectivity index (χ4n) is 5.70. The van der Waals surface area contributed by atoms with Crippen LogP contribution in [0.25, 0.3) is 28.1 Å². The van der Waals surface area contributed by atoms with Gasteiger partial charge in [0.25, 0.3) is 5.56 Å². The summed E-state index contributed by atoms with van der Waals surface area (Å²) in [6.07, 6.45) is 5.09. The summed E-state index contributed by atoms with van der Waals surface area (Å²) in [5.41, 5.74) is 9.30. The van der Waals surface area contributed by atoms with Crippen LogP contribution in [0.5, 0.6) is 0 Å². The summed E-state index contributed by atoms with van der Waals surface area (Å²) < 4.78 is 17.8. The molecule has 5 aromatic rings. The highest BCUT2D eigenvalue weighted by Gasteiger charge is 2.48. The highest BCUT2D eigenvalue weighted by molar-refractivity contribution is 6.31. The van der Waals surface area contributed by atoms with Gasteiger partial charge in [-0.25, -0.2) is 14.6 Å². The number of fused-ring (bicyclic) bond motifs is 3. The molecule has 38 heavy (non-hydrogen) atoms. The standard InChI is InChI=1S/C26H19Cl2FN8O/c27-13-1-5-19(36-11-21(28)34-35-36)17(9-13)12-7-20-14-2-3-15(14)24(37(20)23(38)8-12)26-31-10-18(32-26)16-4-6-22(30)33-25(16)29/h1,4-11,14-15,24H,2-3H2,(H2,30,33)(H,31,32)/t14-,15+,24+/m1/s1. The minimum atomic E-state index is -0.679. The molecule has 1 aliphatic carbocycles. The normalized spacial score (nSPS) is 19.7. The molecule has 0 unspecified atom stereocenters.